The summed E-state index contributed by atoms with van der Waals surface area (Å²) in [5, 5.41) is 77.2. The maximum absolute atomic E-state index is 15.0. The molecule has 2 fully saturated rings. The molecule has 3 aromatic rings. The number of aliphatic imine (C=N–C) groups is 1. The molecule has 0 unspecified atom stereocenters. The molecule has 398 valence electrons. The van der Waals surface area contributed by atoms with Crippen molar-refractivity contribution in [2.45, 2.75) is 140 Å². The van der Waals surface area contributed by atoms with Crippen molar-refractivity contribution in [2.24, 2.45) is 45.4 Å². The Balaban J connectivity index is 1.31. The summed E-state index contributed by atoms with van der Waals surface area (Å²) in [5.41, 5.74) is 24.3. The van der Waals surface area contributed by atoms with Crippen LogP contribution in [0.5, 0.6) is 5.75 Å². The second kappa shape index (κ2) is 24.3. The van der Waals surface area contributed by atoms with E-state index in [-0.39, 0.29) is 56.5 Å². The topological polar surface area (TPSA) is 270 Å². The van der Waals surface area contributed by atoms with Crippen LogP contribution in [0, 0.1) is 23.2 Å². The number of aliphatic hydroxyl groups excluding tert-OH is 4. The van der Waals surface area contributed by atoms with Crippen molar-refractivity contribution in [3.05, 3.63) is 159 Å². The van der Waals surface area contributed by atoms with Crippen molar-refractivity contribution in [1.29, 1.82) is 0 Å². The Morgan fingerprint density at radius 1 is 0.973 bits per heavy atom. The summed E-state index contributed by atoms with van der Waals surface area (Å²) < 4.78 is 0. The lowest BCUT2D eigenvalue weighted by Gasteiger charge is -2.56. The van der Waals surface area contributed by atoms with Gasteiger partial charge in [-0.2, -0.15) is 0 Å². The fourth-order valence-electron chi connectivity index (χ4n) is 12.8. The number of hydrogen-bond acceptors (Lipinski definition) is 11. The molecule has 2 bridgehead atoms. The van der Waals surface area contributed by atoms with E-state index in [9.17, 15) is 35.4 Å². The number of nitrogens with two attached hydrogens (primary N) is 3. The zero-order chi connectivity index (χ0) is 53.5. The van der Waals surface area contributed by atoms with Crippen LogP contribution >= 0.6 is 0 Å². The number of aliphatic hydroxyl groups is 5. The third-order valence-corrected chi connectivity index (χ3v) is 16.7. The van der Waals surface area contributed by atoms with Gasteiger partial charge in [-0.05, 0) is 160 Å². The molecule has 2 aliphatic heterocycles. The summed E-state index contributed by atoms with van der Waals surface area (Å²) in [7, 11) is 0. The van der Waals surface area contributed by atoms with E-state index in [2.05, 4.69) is 42.1 Å². The molecule has 11 atom stereocenters. The Kier molecular flexibility index (Phi) is 18.4. The molecule has 1 spiro atoms. The standard InChI is InChI=1S/C60H80N6O8/c1-35(2)10-6-11-36(3)12-7-16-42(34-67)46-25-27-60(55(46)72)50-23-22-44(69)29-38-13-8-14-39(28-38)30-48(49(32-65-58(62)63)40-18-20-43(68)21-19-40)52(71)33-64-54-53-41(15-9-17-47(53)56(61)66-57(54)73)31-51(70)37(4)45(50)24-26-59(60,5)74/h7-10,12-21,28,44,46,48-50,52,54-56,64,67-69,71-72,74H,3,6,11,22-27,29-34,61H2,1-2,4-5H3,(H,66,73)(H4,62,63,65)/b12-7+,42-16-,45-37+/t44-,46+,48+,49+,50+,52+,54+,55+,56+,59+,60+/m0/s1. The fourth-order valence-corrected chi connectivity index (χ4v) is 12.8. The molecule has 0 aromatic heterocycles. The number of benzene rings is 3. The van der Waals surface area contributed by atoms with Crippen molar-refractivity contribution in [3.63, 3.8) is 0 Å². The number of hydrogen-bond donors (Lipinski definition) is 11. The molecule has 0 saturated heterocycles. The highest BCUT2D eigenvalue weighted by Gasteiger charge is 2.64. The highest BCUT2D eigenvalue weighted by molar-refractivity contribution is 5.98. The van der Waals surface area contributed by atoms with Gasteiger partial charge in [-0.3, -0.25) is 19.9 Å². The molecule has 14 heteroatoms. The van der Waals surface area contributed by atoms with Gasteiger partial charge in [-0.15, -0.1) is 0 Å². The minimum Gasteiger partial charge on any atom is -0.508 e. The Labute approximate surface area is 437 Å². The molecule has 0 radical (unpaired) electrons. The second-order valence-corrected chi connectivity index (χ2v) is 21.8. The summed E-state index contributed by atoms with van der Waals surface area (Å²) >= 11 is 0. The number of guanidine groups is 1. The van der Waals surface area contributed by atoms with Crippen molar-refractivity contribution < 1.29 is 40.2 Å². The van der Waals surface area contributed by atoms with Crippen molar-refractivity contribution >= 4 is 17.6 Å². The molecular weight excluding hydrogens is 933 g/mol. The summed E-state index contributed by atoms with van der Waals surface area (Å²) in [6.45, 7) is 11.7. The lowest BCUT2D eigenvalue weighted by atomic mass is 9.52. The Hall–Kier alpha value is -5.71. The predicted octanol–water partition coefficient (Wildman–Crippen LogP) is 6.21. The van der Waals surface area contributed by atoms with Crippen LogP contribution < -0.4 is 27.8 Å². The number of amides is 1. The van der Waals surface area contributed by atoms with Gasteiger partial charge in [-0.1, -0.05) is 102 Å². The van der Waals surface area contributed by atoms with Crippen molar-refractivity contribution in [3.8, 4) is 5.75 Å². The van der Waals surface area contributed by atoms with E-state index >= 15 is 4.79 Å². The van der Waals surface area contributed by atoms with Crippen LogP contribution in [0.1, 0.15) is 131 Å². The van der Waals surface area contributed by atoms with E-state index in [1.54, 1.807) is 31.2 Å². The highest BCUT2D eigenvalue weighted by Crippen LogP contribution is 2.63. The van der Waals surface area contributed by atoms with E-state index in [4.69, 9.17) is 17.2 Å². The average molecular weight is 1010 g/mol. The molecule has 14 nitrogen and oxygen atoms in total. The number of aromatic hydroxyl groups is 1. The third kappa shape index (κ3) is 12.5. The molecule has 2 saturated carbocycles. The second-order valence-electron chi connectivity index (χ2n) is 21.8. The number of phenols is 1. The first-order valence-electron chi connectivity index (χ1n) is 26.4. The molecular formula is C60H80N6O8. The first-order chi connectivity index (χ1) is 35.2. The van der Waals surface area contributed by atoms with Gasteiger partial charge in [0.25, 0.3) is 0 Å². The molecule has 1 amide bonds. The molecule has 14 N–H and O–H groups in total. The molecule has 4 aliphatic rings. The van der Waals surface area contributed by atoms with Gasteiger partial charge in [0.1, 0.15) is 18.0 Å². The number of carbonyl (C=O) groups excluding carboxylic acids is 2. The summed E-state index contributed by atoms with van der Waals surface area (Å²) in [6.07, 6.45) is 8.40. The van der Waals surface area contributed by atoms with E-state index < -0.39 is 71.1 Å². The summed E-state index contributed by atoms with van der Waals surface area (Å²) in [5.74, 6) is -2.67. The molecule has 2 aliphatic carbocycles. The third-order valence-electron chi connectivity index (χ3n) is 16.7. The number of β-amino-alcohol motifs (C(OH)–C–C–N with tert-alkyl or cyclic N) is 1. The van der Waals surface area contributed by atoms with Crippen LogP contribution in [0.15, 0.2) is 130 Å². The van der Waals surface area contributed by atoms with Crippen molar-refractivity contribution in [2.75, 3.05) is 19.7 Å². The maximum Gasteiger partial charge on any atom is 0.243 e. The van der Waals surface area contributed by atoms with Crippen LogP contribution in [0.4, 0.5) is 0 Å². The first-order valence-corrected chi connectivity index (χ1v) is 26.4. The lowest BCUT2D eigenvalue weighted by molar-refractivity contribution is -0.168. The van der Waals surface area contributed by atoms with Crippen LogP contribution in [0.3, 0.4) is 0 Å². The van der Waals surface area contributed by atoms with Gasteiger partial charge in [0.15, 0.2) is 11.7 Å². The minimum atomic E-state index is -1.37. The number of fused-ring (bicyclic) bond motifs is 4. The Morgan fingerprint density at radius 3 is 2.39 bits per heavy atom. The van der Waals surface area contributed by atoms with E-state index in [1.807, 2.05) is 67.6 Å². The van der Waals surface area contributed by atoms with Gasteiger partial charge in [0.05, 0.1) is 30.5 Å². The number of Topliss-reactive ketones (excluding diaryl/α,β-unsaturated/α-hetero) is 1. The van der Waals surface area contributed by atoms with E-state index in [0.29, 0.717) is 66.4 Å². The zero-order valence-electron chi connectivity index (χ0n) is 43.6. The maximum atomic E-state index is 15.0. The van der Waals surface area contributed by atoms with Crippen LogP contribution in [-0.2, 0) is 28.9 Å². The molecule has 3 aromatic carbocycles. The van der Waals surface area contributed by atoms with Gasteiger partial charge in [-0.25, -0.2) is 0 Å². The quantitative estimate of drug-likeness (QED) is 0.0443. The molecule has 74 heavy (non-hydrogen) atoms. The number of nitrogens with zero attached hydrogens (tertiary/aromatic N) is 1. The summed E-state index contributed by atoms with van der Waals surface area (Å²) in [6, 6.07) is 19.0. The summed E-state index contributed by atoms with van der Waals surface area (Å²) in [4.78, 5) is 33.5. The normalized spacial score (nSPS) is 30.5. The predicted molar refractivity (Wildman–Crippen MR) is 290 cm³/mol. The van der Waals surface area contributed by atoms with Crippen molar-refractivity contribution in [1.82, 2.24) is 10.6 Å². The zero-order valence-corrected chi connectivity index (χ0v) is 43.6. The Bertz CT molecular complexity index is 2660. The Morgan fingerprint density at radius 2 is 1.69 bits per heavy atom. The van der Waals surface area contributed by atoms with Crippen LogP contribution in [-0.4, -0.2) is 91.9 Å². The molecule has 2 heterocycles. The van der Waals surface area contributed by atoms with Gasteiger partial charge in [0.2, 0.25) is 5.91 Å². The lowest BCUT2D eigenvalue weighted by Crippen LogP contribution is -2.59. The largest absolute Gasteiger partial charge is 0.508 e. The highest BCUT2D eigenvalue weighted by atomic mass is 16.3. The number of ketones is 1. The van der Waals surface area contributed by atoms with Gasteiger partial charge < -0.3 is 53.2 Å². The smallest absolute Gasteiger partial charge is 0.243 e. The minimum absolute atomic E-state index is 0.0556. The number of rotatable bonds is 11. The van der Waals surface area contributed by atoms with E-state index in [1.165, 1.54) is 5.57 Å². The van der Waals surface area contributed by atoms with Crippen LogP contribution in [0.25, 0.3) is 0 Å². The number of nitrogens with one attached hydrogen (secondary N) is 2. The number of allylic oxidation sites excluding steroid dienone is 8. The number of phenolic OH excluding ortho intramolecular Hbond substituents is 1. The van der Waals surface area contributed by atoms with Crippen LogP contribution in [0.2, 0.25) is 0 Å². The van der Waals surface area contributed by atoms with Gasteiger partial charge >= 0.3 is 0 Å². The van der Waals surface area contributed by atoms with Gasteiger partial charge in [0, 0.05) is 36.8 Å². The average Bonchev–Trinajstić information content (AvgIpc) is 3.69. The van der Waals surface area contributed by atoms with E-state index in [0.717, 1.165) is 40.7 Å². The number of carbonyl (C=O) groups is 2. The fraction of sp³-hybridized carbons (Fsp3) is 0.483. The SMILES string of the molecule is C=C(/C=C/C=C(/CO)[C@H]1CC[C@@]2([C@@H]3CC[C@H](O)Cc4cccc(c4)C[C@H]([C@H](CN=C(N)N)c4ccc(O)cc4)[C@H](O)CN[C@H]4C(=O)N[C@@H](N)c5cccc(c54)CC(=O)/C(C)=C/3CC[C@@]2(C)O)[C@@H]1O)CCC=C(C)C. The first kappa shape index (κ1) is 56.0. The molecule has 7 rings (SSSR count). The monoisotopic (exact) mass is 1010 g/mol.